The van der Waals surface area contributed by atoms with E-state index in [1.165, 1.54) is 45.2 Å². The maximum Gasteiger partial charge on any atom is 0.0737 e. The molecule has 0 spiro atoms. The number of halogens is 1. The van der Waals surface area contributed by atoms with E-state index in [2.05, 4.69) is 42.0 Å². The number of fused-ring (bicyclic) bond motifs is 1. The Morgan fingerprint density at radius 1 is 1.12 bits per heavy atom. The number of nitrogens with one attached hydrogen (secondary N) is 1. The van der Waals surface area contributed by atoms with E-state index in [0.717, 1.165) is 28.2 Å². The number of unbranched alkanes of at least 4 members (excludes halogenated alkanes) is 2. The SMILES string of the molecule is CCCCCN(CC)CCCC(C)Nc1ccnc2cc(Cl)ccc12. The number of benzene rings is 1. The van der Waals surface area contributed by atoms with Crippen LogP contribution in [0.4, 0.5) is 5.69 Å². The third-order valence-electron chi connectivity index (χ3n) is 4.74. The highest BCUT2D eigenvalue weighted by Crippen LogP contribution is 2.25. The summed E-state index contributed by atoms with van der Waals surface area (Å²) in [5.41, 5.74) is 2.09. The molecule has 0 aliphatic heterocycles. The second kappa shape index (κ2) is 10.6. The zero-order chi connectivity index (χ0) is 18.1. The summed E-state index contributed by atoms with van der Waals surface area (Å²) in [4.78, 5) is 6.99. The second-order valence-electron chi connectivity index (χ2n) is 6.85. The minimum absolute atomic E-state index is 0.440. The van der Waals surface area contributed by atoms with Gasteiger partial charge >= 0.3 is 0 Å². The largest absolute Gasteiger partial charge is 0.382 e. The maximum atomic E-state index is 6.07. The molecule has 138 valence electrons. The molecular weight excluding hydrogens is 330 g/mol. The highest BCUT2D eigenvalue weighted by Gasteiger charge is 2.08. The lowest BCUT2D eigenvalue weighted by molar-refractivity contribution is 0.274. The Balaban J connectivity index is 1.83. The molecule has 0 radical (unpaired) electrons. The lowest BCUT2D eigenvalue weighted by Crippen LogP contribution is -2.27. The van der Waals surface area contributed by atoms with E-state index in [-0.39, 0.29) is 0 Å². The number of hydrogen-bond donors (Lipinski definition) is 1. The molecule has 2 rings (SSSR count). The molecule has 4 heteroatoms. The molecule has 0 amide bonds. The zero-order valence-electron chi connectivity index (χ0n) is 15.9. The van der Waals surface area contributed by atoms with Crippen LogP contribution in [0.25, 0.3) is 10.9 Å². The second-order valence-corrected chi connectivity index (χ2v) is 7.29. The van der Waals surface area contributed by atoms with Crippen molar-refractivity contribution in [2.24, 2.45) is 0 Å². The van der Waals surface area contributed by atoms with Crippen molar-refractivity contribution >= 4 is 28.2 Å². The molecule has 2 aromatic rings. The van der Waals surface area contributed by atoms with Crippen LogP contribution in [-0.2, 0) is 0 Å². The number of hydrogen-bond acceptors (Lipinski definition) is 3. The Morgan fingerprint density at radius 3 is 2.68 bits per heavy atom. The molecule has 0 aliphatic carbocycles. The van der Waals surface area contributed by atoms with Gasteiger partial charge in [0.15, 0.2) is 0 Å². The fourth-order valence-electron chi connectivity index (χ4n) is 3.22. The minimum Gasteiger partial charge on any atom is -0.382 e. The number of nitrogens with zero attached hydrogens (tertiary/aromatic N) is 2. The molecule has 1 atom stereocenters. The summed E-state index contributed by atoms with van der Waals surface area (Å²) in [6.07, 6.45) is 8.20. The van der Waals surface area contributed by atoms with Crippen LogP contribution in [0.3, 0.4) is 0 Å². The first kappa shape index (κ1) is 20.0. The van der Waals surface area contributed by atoms with Gasteiger partial charge in [-0.1, -0.05) is 38.3 Å². The van der Waals surface area contributed by atoms with Gasteiger partial charge in [-0.2, -0.15) is 0 Å². The van der Waals surface area contributed by atoms with Gasteiger partial charge in [0.2, 0.25) is 0 Å². The van der Waals surface area contributed by atoms with E-state index in [0.29, 0.717) is 6.04 Å². The van der Waals surface area contributed by atoms with Gasteiger partial charge in [-0.05, 0) is 70.1 Å². The fourth-order valence-corrected chi connectivity index (χ4v) is 3.39. The predicted molar refractivity (Wildman–Crippen MR) is 111 cm³/mol. The molecule has 0 bridgehead atoms. The molecule has 25 heavy (non-hydrogen) atoms. The summed E-state index contributed by atoms with van der Waals surface area (Å²) < 4.78 is 0. The van der Waals surface area contributed by atoms with Crippen LogP contribution < -0.4 is 5.32 Å². The van der Waals surface area contributed by atoms with Crippen molar-refractivity contribution in [2.75, 3.05) is 25.0 Å². The molecule has 0 aliphatic rings. The van der Waals surface area contributed by atoms with Gasteiger partial charge < -0.3 is 10.2 Å². The van der Waals surface area contributed by atoms with Crippen molar-refractivity contribution in [2.45, 2.75) is 58.9 Å². The monoisotopic (exact) mass is 361 g/mol. The normalized spacial score (nSPS) is 12.7. The molecule has 1 aromatic carbocycles. The van der Waals surface area contributed by atoms with Gasteiger partial charge in [0, 0.05) is 28.3 Å². The van der Waals surface area contributed by atoms with Crippen molar-refractivity contribution in [3.05, 3.63) is 35.5 Å². The van der Waals surface area contributed by atoms with Crippen molar-refractivity contribution in [1.29, 1.82) is 0 Å². The maximum absolute atomic E-state index is 6.07. The fraction of sp³-hybridized carbons (Fsp3) is 0.571. The van der Waals surface area contributed by atoms with E-state index in [1.807, 2.05) is 24.4 Å². The zero-order valence-corrected chi connectivity index (χ0v) is 16.6. The van der Waals surface area contributed by atoms with Gasteiger partial charge in [-0.3, -0.25) is 4.98 Å². The van der Waals surface area contributed by atoms with E-state index >= 15 is 0 Å². The van der Waals surface area contributed by atoms with Gasteiger partial charge in [-0.15, -0.1) is 0 Å². The highest BCUT2D eigenvalue weighted by molar-refractivity contribution is 6.31. The lowest BCUT2D eigenvalue weighted by atomic mass is 10.1. The van der Waals surface area contributed by atoms with Gasteiger partial charge in [0.1, 0.15) is 0 Å². The summed E-state index contributed by atoms with van der Waals surface area (Å²) >= 11 is 6.07. The molecular formula is C21H32ClN3. The first-order chi connectivity index (χ1) is 12.1. The van der Waals surface area contributed by atoms with E-state index in [4.69, 9.17) is 11.6 Å². The summed E-state index contributed by atoms with van der Waals surface area (Å²) in [5, 5.41) is 5.51. The third-order valence-corrected chi connectivity index (χ3v) is 4.98. The van der Waals surface area contributed by atoms with Crippen LogP contribution in [0.2, 0.25) is 5.02 Å². The molecule has 1 heterocycles. The van der Waals surface area contributed by atoms with Crippen LogP contribution in [0.1, 0.15) is 52.9 Å². The number of aromatic nitrogens is 1. The standard InChI is InChI=1S/C21H32ClN3/c1-4-6-7-14-25(5-2)15-8-9-17(3)24-20-12-13-23-21-16-18(22)10-11-19(20)21/h10-13,16-17H,4-9,14-15H2,1-3H3,(H,23,24). The molecule has 0 saturated carbocycles. The molecule has 1 N–H and O–H groups in total. The Kier molecular flexibility index (Phi) is 8.50. The van der Waals surface area contributed by atoms with Crippen molar-refractivity contribution < 1.29 is 0 Å². The van der Waals surface area contributed by atoms with Crippen LogP contribution in [0.5, 0.6) is 0 Å². The Bertz CT molecular complexity index is 644. The summed E-state index contributed by atoms with van der Waals surface area (Å²) in [6.45, 7) is 10.4. The molecule has 0 saturated heterocycles. The van der Waals surface area contributed by atoms with Gasteiger partial charge in [0.25, 0.3) is 0 Å². The smallest absolute Gasteiger partial charge is 0.0737 e. The van der Waals surface area contributed by atoms with E-state index < -0.39 is 0 Å². The van der Waals surface area contributed by atoms with Crippen molar-refractivity contribution in [3.8, 4) is 0 Å². The first-order valence-corrected chi connectivity index (χ1v) is 10.0. The molecule has 0 fully saturated rings. The highest BCUT2D eigenvalue weighted by atomic mass is 35.5. The Hall–Kier alpha value is -1.32. The summed E-state index contributed by atoms with van der Waals surface area (Å²) in [6, 6.07) is 8.39. The Morgan fingerprint density at radius 2 is 1.92 bits per heavy atom. The van der Waals surface area contributed by atoms with Crippen LogP contribution in [0, 0.1) is 0 Å². The molecule has 3 nitrogen and oxygen atoms in total. The average molecular weight is 362 g/mol. The average Bonchev–Trinajstić information content (AvgIpc) is 2.60. The van der Waals surface area contributed by atoms with E-state index in [9.17, 15) is 0 Å². The first-order valence-electron chi connectivity index (χ1n) is 9.67. The van der Waals surface area contributed by atoms with Gasteiger partial charge in [-0.25, -0.2) is 0 Å². The third kappa shape index (κ3) is 6.48. The quantitative estimate of drug-likeness (QED) is 0.499. The van der Waals surface area contributed by atoms with Crippen LogP contribution in [-0.4, -0.2) is 35.6 Å². The molecule has 1 aromatic heterocycles. The van der Waals surface area contributed by atoms with Crippen molar-refractivity contribution in [1.82, 2.24) is 9.88 Å². The topological polar surface area (TPSA) is 28.2 Å². The van der Waals surface area contributed by atoms with Gasteiger partial charge in [0.05, 0.1) is 5.52 Å². The van der Waals surface area contributed by atoms with E-state index in [1.54, 1.807) is 0 Å². The molecule has 1 unspecified atom stereocenters. The summed E-state index contributed by atoms with van der Waals surface area (Å²) in [5.74, 6) is 0. The number of anilines is 1. The Labute approximate surface area is 157 Å². The number of pyridine rings is 1. The number of rotatable bonds is 11. The van der Waals surface area contributed by atoms with Crippen LogP contribution >= 0.6 is 11.6 Å². The minimum atomic E-state index is 0.440. The lowest BCUT2D eigenvalue weighted by Gasteiger charge is -2.22. The van der Waals surface area contributed by atoms with Crippen LogP contribution in [0.15, 0.2) is 30.5 Å². The predicted octanol–water partition coefficient (Wildman–Crippen LogP) is 5.98. The van der Waals surface area contributed by atoms with Crippen molar-refractivity contribution in [3.63, 3.8) is 0 Å². The summed E-state index contributed by atoms with van der Waals surface area (Å²) in [7, 11) is 0.